The minimum atomic E-state index is -0.166. The molecule has 0 spiro atoms. The highest BCUT2D eigenvalue weighted by Crippen LogP contribution is 2.17. The van der Waals surface area contributed by atoms with E-state index in [0.717, 1.165) is 0 Å². The summed E-state index contributed by atoms with van der Waals surface area (Å²) in [7, 11) is 0. The van der Waals surface area contributed by atoms with Crippen LogP contribution in [0, 0.1) is 11.8 Å². The van der Waals surface area contributed by atoms with Crippen molar-refractivity contribution in [2.24, 2.45) is 11.8 Å². The molecular formula is C13H18N4O2. The Hall–Kier alpha value is -1.98. The number of amides is 2. The first-order valence-corrected chi connectivity index (χ1v) is 6.41. The van der Waals surface area contributed by atoms with Gasteiger partial charge < -0.3 is 10.2 Å². The standard InChI is InChI=1S/C13H18N4O2/c1-9(2)5-16-12(18)10-7-17(8-10)13(19)11-6-14-3-4-15-11/h3-4,6,9-10H,5,7-8H2,1-2H3,(H,16,18). The molecule has 0 atom stereocenters. The van der Waals surface area contributed by atoms with Crippen LogP contribution in [0.1, 0.15) is 24.3 Å². The van der Waals surface area contributed by atoms with Crippen LogP contribution in [-0.2, 0) is 4.79 Å². The SMILES string of the molecule is CC(C)CNC(=O)C1CN(C(=O)c2cnccn2)C1. The van der Waals surface area contributed by atoms with Crippen LogP contribution in [-0.4, -0.2) is 46.3 Å². The lowest BCUT2D eigenvalue weighted by Crippen LogP contribution is -2.56. The fraction of sp³-hybridized carbons (Fsp3) is 0.538. The third kappa shape index (κ3) is 3.27. The molecule has 2 amide bonds. The third-order valence-electron chi connectivity index (χ3n) is 3.01. The van der Waals surface area contributed by atoms with E-state index in [1.807, 2.05) is 13.8 Å². The van der Waals surface area contributed by atoms with Crippen LogP contribution in [0.2, 0.25) is 0 Å². The van der Waals surface area contributed by atoms with E-state index in [4.69, 9.17) is 0 Å². The average molecular weight is 262 g/mol. The second-order valence-electron chi connectivity index (χ2n) is 5.14. The molecule has 0 aromatic carbocycles. The largest absolute Gasteiger partial charge is 0.355 e. The Morgan fingerprint density at radius 3 is 2.74 bits per heavy atom. The van der Waals surface area contributed by atoms with E-state index >= 15 is 0 Å². The minimum Gasteiger partial charge on any atom is -0.355 e. The molecule has 6 heteroatoms. The van der Waals surface area contributed by atoms with Gasteiger partial charge >= 0.3 is 0 Å². The molecule has 1 aromatic rings. The second kappa shape index (κ2) is 5.77. The molecule has 2 rings (SSSR count). The monoisotopic (exact) mass is 262 g/mol. The highest BCUT2D eigenvalue weighted by molar-refractivity contribution is 5.94. The van der Waals surface area contributed by atoms with Crippen molar-refractivity contribution in [2.45, 2.75) is 13.8 Å². The van der Waals surface area contributed by atoms with Crippen LogP contribution in [0.3, 0.4) is 0 Å². The van der Waals surface area contributed by atoms with E-state index < -0.39 is 0 Å². The first-order valence-electron chi connectivity index (χ1n) is 6.41. The second-order valence-corrected chi connectivity index (χ2v) is 5.14. The first-order chi connectivity index (χ1) is 9.08. The number of nitrogens with one attached hydrogen (secondary N) is 1. The summed E-state index contributed by atoms with van der Waals surface area (Å²) in [5.74, 6) is 0.193. The summed E-state index contributed by atoms with van der Waals surface area (Å²) in [5.41, 5.74) is 0.323. The molecule has 0 unspecified atom stereocenters. The van der Waals surface area contributed by atoms with Gasteiger partial charge in [0.25, 0.3) is 5.91 Å². The van der Waals surface area contributed by atoms with Gasteiger partial charge in [-0.25, -0.2) is 4.98 Å². The summed E-state index contributed by atoms with van der Waals surface area (Å²) in [4.78, 5) is 33.1. The van der Waals surface area contributed by atoms with E-state index in [-0.39, 0.29) is 17.7 Å². The van der Waals surface area contributed by atoms with E-state index in [1.54, 1.807) is 4.90 Å². The van der Waals surface area contributed by atoms with Crippen molar-refractivity contribution in [1.82, 2.24) is 20.2 Å². The van der Waals surface area contributed by atoms with Crippen LogP contribution in [0.25, 0.3) is 0 Å². The van der Waals surface area contributed by atoms with Crippen molar-refractivity contribution >= 4 is 11.8 Å². The number of carbonyl (C=O) groups is 2. The summed E-state index contributed by atoms with van der Waals surface area (Å²) in [6.45, 7) is 5.68. The first kappa shape index (κ1) is 13.5. The van der Waals surface area contributed by atoms with E-state index in [9.17, 15) is 9.59 Å². The van der Waals surface area contributed by atoms with Gasteiger partial charge in [0.05, 0.1) is 12.1 Å². The van der Waals surface area contributed by atoms with E-state index in [1.165, 1.54) is 18.6 Å². The zero-order valence-electron chi connectivity index (χ0n) is 11.2. The van der Waals surface area contributed by atoms with Crippen LogP contribution in [0.15, 0.2) is 18.6 Å². The normalized spacial score (nSPS) is 15.2. The number of rotatable bonds is 4. The molecule has 0 saturated carbocycles. The van der Waals surface area contributed by atoms with Gasteiger partial charge in [-0.15, -0.1) is 0 Å². The van der Waals surface area contributed by atoms with Gasteiger partial charge in [-0.05, 0) is 5.92 Å². The Morgan fingerprint density at radius 2 is 2.16 bits per heavy atom. The molecule has 19 heavy (non-hydrogen) atoms. The lowest BCUT2D eigenvalue weighted by molar-refractivity contribution is -0.129. The maximum absolute atomic E-state index is 12.0. The topological polar surface area (TPSA) is 75.2 Å². The van der Waals surface area contributed by atoms with Crippen molar-refractivity contribution in [2.75, 3.05) is 19.6 Å². The molecule has 1 aliphatic heterocycles. The van der Waals surface area contributed by atoms with Gasteiger partial charge in [0.15, 0.2) is 0 Å². The number of hydrogen-bond donors (Lipinski definition) is 1. The fourth-order valence-electron chi connectivity index (χ4n) is 1.83. The average Bonchev–Trinajstić information content (AvgIpc) is 2.35. The van der Waals surface area contributed by atoms with Crippen molar-refractivity contribution < 1.29 is 9.59 Å². The van der Waals surface area contributed by atoms with Crippen molar-refractivity contribution in [3.05, 3.63) is 24.3 Å². The van der Waals surface area contributed by atoms with Gasteiger partial charge in [-0.2, -0.15) is 0 Å². The van der Waals surface area contributed by atoms with Gasteiger partial charge in [-0.3, -0.25) is 14.6 Å². The van der Waals surface area contributed by atoms with Gasteiger partial charge in [0.1, 0.15) is 5.69 Å². The van der Waals surface area contributed by atoms with Gasteiger partial charge in [-0.1, -0.05) is 13.8 Å². The summed E-state index contributed by atoms with van der Waals surface area (Å²) in [5, 5.41) is 2.88. The maximum Gasteiger partial charge on any atom is 0.274 e. The molecule has 0 aliphatic carbocycles. The van der Waals surface area contributed by atoms with Crippen molar-refractivity contribution in [1.29, 1.82) is 0 Å². The van der Waals surface area contributed by atoms with E-state index in [0.29, 0.717) is 31.2 Å². The number of aromatic nitrogens is 2. The van der Waals surface area contributed by atoms with Crippen LogP contribution < -0.4 is 5.32 Å². The molecule has 102 valence electrons. The summed E-state index contributed by atoms with van der Waals surface area (Å²) in [6, 6.07) is 0. The molecule has 0 bridgehead atoms. The number of hydrogen-bond acceptors (Lipinski definition) is 4. The zero-order chi connectivity index (χ0) is 13.8. The number of nitrogens with zero attached hydrogens (tertiary/aromatic N) is 3. The molecular weight excluding hydrogens is 244 g/mol. The predicted octanol–water partition coefficient (Wildman–Crippen LogP) is 0.321. The Morgan fingerprint density at radius 1 is 1.42 bits per heavy atom. The maximum atomic E-state index is 12.0. The summed E-state index contributed by atoms with van der Waals surface area (Å²) < 4.78 is 0. The van der Waals surface area contributed by atoms with Gasteiger partial charge in [0, 0.05) is 32.0 Å². The van der Waals surface area contributed by atoms with Crippen LogP contribution >= 0.6 is 0 Å². The number of likely N-dealkylation sites (tertiary alicyclic amines) is 1. The molecule has 6 nitrogen and oxygen atoms in total. The van der Waals surface area contributed by atoms with Crippen LogP contribution in [0.5, 0.6) is 0 Å². The summed E-state index contributed by atoms with van der Waals surface area (Å²) >= 11 is 0. The molecule has 2 heterocycles. The lowest BCUT2D eigenvalue weighted by Gasteiger charge is -2.38. The molecule has 1 N–H and O–H groups in total. The molecule has 0 radical (unpaired) electrons. The Labute approximate surface area is 112 Å². The Balaban J connectivity index is 1.80. The summed E-state index contributed by atoms with van der Waals surface area (Å²) in [6.07, 6.45) is 4.45. The fourth-order valence-corrected chi connectivity index (χ4v) is 1.83. The molecule has 1 saturated heterocycles. The van der Waals surface area contributed by atoms with Gasteiger partial charge in [0.2, 0.25) is 5.91 Å². The Kier molecular flexibility index (Phi) is 4.09. The lowest BCUT2D eigenvalue weighted by atomic mass is 9.98. The molecule has 1 aliphatic rings. The molecule has 1 fully saturated rings. The quantitative estimate of drug-likeness (QED) is 0.848. The Bertz CT molecular complexity index is 455. The zero-order valence-corrected chi connectivity index (χ0v) is 11.2. The third-order valence-corrected chi connectivity index (χ3v) is 3.01. The minimum absolute atomic E-state index is 0.0249. The highest BCUT2D eigenvalue weighted by Gasteiger charge is 2.36. The van der Waals surface area contributed by atoms with E-state index in [2.05, 4.69) is 15.3 Å². The smallest absolute Gasteiger partial charge is 0.274 e. The highest BCUT2D eigenvalue weighted by atomic mass is 16.2. The number of carbonyl (C=O) groups excluding carboxylic acids is 2. The van der Waals surface area contributed by atoms with Crippen molar-refractivity contribution in [3.8, 4) is 0 Å². The van der Waals surface area contributed by atoms with Crippen LogP contribution in [0.4, 0.5) is 0 Å². The predicted molar refractivity (Wildman–Crippen MR) is 69.3 cm³/mol. The molecule has 1 aromatic heterocycles. The van der Waals surface area contributed by atoms with Crippen molar-refractivity contribution in [3.63, 3.8) is 0 Å².